The largest absolute Gasteiger partial charge is 0.466 e. The first-order valence-electron chi connectivity index (χ1n) is 7.83. The topological polar surface area (TPSA) is 46.6 Å². The van der Waals surface area contributed by atoms with Crippen molar-refractivity contribution in [1.29, 1.82) is 0 Å². The predicted molar refractivity (Wildman–Crippen MR) is 87.7 cm³/mol. The second-order valence-corrected chi connectivity index (χ2v) is 6.49. The van der Waals surface area contributed by atoms with E-state index in [9.17, 15) is 9.59 Å². The first-order valence-corrected chi connectivity index (χ1v) is 8.81. The Balaban J connectivity index is 1.68. The number of hydrogen-bond donors (Lipinski definition) is 0. The molecule has 0 aliphatic carbocycles. The fourth-order valence-corrected chi connectivity index (χ4v) is 3.42. The minimum atomic E-state index is -0.116. The van der Waals surface area contributed by atoms with Gasteiger partial charge in [-0.25, -0.2) is 0 Å². The number of thioether (sulfide) groups is 1. The van der Waals surface area contributed by atoms with Crippen LogP contribution in [0.2, 0.25) is 0 Å². The molecule has 0 spiro atoms. The van der Waals surface area contributed by atoms with Crippen LogP contribution in [0, 0.1) is 5.92 Å². The summed E-state index contributed by atoms with van der Waals surface area (Å²) in [4.78, 5) is 26.9. The van der Waals surface area contributed by atoms with Gasteiger partial charge < -0.3 is 9.64 Å². The van der Waals surface area contributed by atoms with E-state index in [0.717, 1.165) is 18.6 Å². The van der Waals surface area contributed by atoms with Crippen LogP contribution in [0.15, 0.2) is 35.2 Å². The monoisotopic (exact) mass is 321 g/mol. The van der Waals surface area contributed by atoms with E-state index >= 15 is 0 Å². The van der Waals surface area contributed by atoms with Gasteiger partial charge in [0.15, 0.2) is 0 Å². The van der Waals surface area contributed by atoms with Crippen LogP contribution in [-0.2, 0) is 14.3 Å². The maximum atomic E-state index is 12.2. The Kier molecular flexibility index (Phi) is 6.77. The van der Waals surface area contributed by atoms with Crippen LogP contribution >= 0.6 is 11.8 Å². The van der Waals surface area contributed by atoms with E-state index in [1.165, 1.54) is 4.90 Å². The van der Waals surface area contributed by atoms with Crippen LogP contribution in [-0.4, -0.2) is 42.2 Å². The van der Waals surface area contributed by atoms with Crippen LogP contribution in [0.1, 0.15) is 26.2 Å². The molecular formula is C17H23NO3S. The molecule has 5 heteroatoms. The maximum Gasteiger partial charge on any atom is 0.309 e. The van der Waals surface area contributed by atoms with Crippen LogP contribution < -0.4 is 0 Å². The summed E-state index contributed by atoms with van der Waals surface area (Å²) in [5, 5.41) is 0. The van der Waals surface area contributed by atoms with Gasteiger partial charge in [-0.15, -0.1) is 11.8 Å². The minimum Gasteiger partial charge on any atom is -0.466 e. The lowest BCUT2D eigenvalue weighted by Crippen LogP contribution is -2.40. The van der Waals surface area contributed by atoms with Crippen LogP contribution in [0.5, 0.6) is 0 Å². The lowest BCUT2D eigenvalue weighted by Gasteiger charge is -2.30. The van der Waals surface area contributed by atoms with Crippen LogP contribution in [0.3, 0.4) is 0 Å². The van der Waals surface area contributed by atoms with Crippen molar-refractivity contribution in [3.8, 4) is 0 Å². The smallest absolute Gasteiger partial charge is 0.309 e. The average molecular weight is 321 g/mol. The van der Waals surface area contributed by atoms with Crippen LogP contribution in [0.25, 0.3) is 0 Å². The molecule has 0 radical (unpaired) electrons. The number of benzene rings is 1. The molecule has 0 unspecified atom stereocenters. The maximum absolute atomic E-state index is 12.2. The molecule has 1 aromatic carbocycles. The summed E-state index contributed by atoms with van der Waals surface area (Å²) in [5.74, 6) is 0.823. The van der Waals surface area contributed by atoms with Gasteiger partial charge in [0.05, 0.1) is 12.5 Å². The summed E-state index contributed by atoms with van der Waals surface area (Å²) >= 11 is 1.70. The molecular weight excluding hydrogens is 298 g/mol. The Morgan fingerprint density at radius 1 is 1.23 bits per heavy atom. The molecule has 1 aliphatic heterocycles. The van der Waals surface area contributed by atoms with Gasteiger partial charge in [0, 0.05) is 30.2 Å². The number of carbonyl (C=O) groups excluding carboxylic acids is 2. The molecule has 1 fully saturated rings. The Bertz CT molecular complexity index is 484. The van der Waals surface area contributed by atoms with Crippen molar-refractivity contribution >= 4 is 23.6 Å². The third-order valence-electron chi connectivity index (χ3n) is 3.80. The SMILES string of the molecule is CCOC(=O)C1CCN(C(=O)CCSc2ccccc2)CC1. The van der Waals surface area contributed by atoms with Crippen molar-refractivity contribution in [1.82, 2.24) is 4.90 Å². The van der Waals surface area contributed by atoms with E-state index in [1.54, 1.807) is 11.8 Å². The van der Waals surface area contributed by atoms with Crippen molar-refractivity contribution in [2.24, 2.45) is 5.92 Å². The molecule has 1 aliphatic rings. The molecule has 0 atom stereocenters. The van der Waals surface area contributed by atoms with Crippen LogP contribution in [0.4, 0.5) is 0 Å². The summed E-state index contributed by atoms with van der Waals surface area (Å²) in [6, 6.07) is 10.1. The minimum absolute atomic E-state index is 0.0392. The lowest BCUT2D eigenvalue weighted by molar-refractivity contribution is -0.151. The number of hydrogen-bond acceptors (Lipinski definition) is 4. The fourth-order valence-electron chi connectivity index (χ4n) is 2.56. The highest BCUT2D eigenvalue weighted by Crippen LogP contribution is 2.21. The number of esters is 1. The summed E-state index contributed by atoms with van der Waals surface area (Å²) in [5.41, 5.74) is 0. The molecule has 0 N–H and O–H groups in total. The van der Waals surface area contributed by atoms with Gasteiger partial charge in [0.1, 0.15) is 0 Å². The Morgan fingerprint density at radius 3 is 2.55 bits per heavy atom. The number of rotatable bonds is 6. The Labute approximate surface area is 136 Å². The molecule has 120 valence electrons. The van der Waals surface area contributed by atoms with Gasteiger partial charge in [0.2, 0.25) is 5.91 Å². The first kappa shape index (κ1) is 16.9. The number of amides is 1. The van der Waals surface area contributed by atoms with E-state index in [-0.39, 0.29) is 17.8 Å². The van der Waals surface area contributed by atoms with Gasteiger partial charge in [0.25, 0.3) is 0 Å². The van der Waals surface area contributed by atoms with Gasteiger partial charge in [-0.2, -0.15) is 0 Å². The van der Waals surface area contributed by atoms with Gasteiger partial charge in [-0.1, -0.05) is 18.2 Å². The highest BCUT2D eigenvalue weighted by atomic mass is 32.2. The van der Waals surface area contributed by atoms with Gasteiger partial charge in [-0.05, 0) is 31.9 Å². The predicted octanol–water partition coefficient (Wildman–Crippen LogP) is 2.97. The van der Waals surface area contributed by atoms with E-state index in [0.29, 0.717) is 26.1 Å². The number of likely N-dealkylation sites (tertiary alicyclic amines) is 1. The summed E-state index contributed by atoms with van der Waals surface area (Å²) < 4.78 is 5.05. The normalized spacial score (nSPS) is 15.6. The Hall–Kier alpha value is -1.49. The average Bonchev–Trinajstić information content (AvgIpc) is 2.56. The molecule has 4 nitrogen and oxygen atoms in total. The quantitative estimate of drug-likeness (QED) is 0.597. The second-order valence-electron chi connectivity index (χ2n) is 5.32. The molecule has 2 rings (SSSR count). The highest BCUT2D eigenvalue weighted by Gasteiger charge is 2.27. The molecule has 0 bridgehead atoms. The van der Waals surface area contributed by atoms with E-state index in [4.69, 9.17) is 4.74 Å². The molecule has 22 heavy (non-hydrogen) atoms. The zero-order valence-corrected chi connectivity index (χ0v) is 13.8. The van der Waals surface area contributed by atoms with Crippen molar-refractivity contribution in [2.45, 2.75) is 31.1 Å². The summed E-state index contributed by atoms with van der Waals surface area (Å²) in [6.07, 6.45) is 1.98. The molecule has 1 amide bonds. The third-order valence-corrected chi connectivity index (χ3v) is 4.81. The molecule has 0 saturated carbocycles. The van der Waals surface area contributed by atoms with Crippen molar-refractivity contribution in [3.63, 3.8) is 0 Å². The van der Waals surface area contributed by atoms with Crippen molar-refractivity contribution < 1.29 is 14.3 Å². The fraction of sp³-hybridized carbons (Fsp3) is 0.529. The molecule has 1 aromatic rings. The van der Waals surface area contributed by atoms with Gasteiger partial charge >= 0.3 is 5.97 Å². The summed E-state index contributed by atoms with van der Waals surface area (Å²) in [7, 11) is 0. The second kappa shape index (κ2) is 8.83. The number of piperidine rings is 1. The van der Waals surface area contributed by atoms with E-state index in [1.807, 2.05) is 30.0 Å². The zero-order valence-electron chi connectivity index (χ0n) is 13.0. The Morgan fingerprint density at radius 2 is 1.91 bits per heavy atom. The van der Waals surface area contributed by atoms with Gasteiger partial charge in [-0.3, -0.25) is 9.59 Å². The highest BCUT2D eigenvalue weighted by molar-refractivity contribution is 7.99. The number of ether oxygens (including phenoxy) is 1. The molecule has 1 saturated heterocycles. The van der Waals surface area contributed by atoms with Crippen molar-refractivity contribution in [2.75, 3.05) is 25.4 Å². The first-order chi connectivity index (χ1) is 10.7. The number of nitrogens with zero attached hydrogens (tertiary/aromatic N) is 1. The van der Waals surface area contributed by atoms with E-state index < -0.39 is 0 Å². The van der Waals surface area contributed by atoms with Crippen molar-refractivity contribution in [3.05, 3.63) is 30.3 Å². The zero-order chi connectivity index (χ0) is 15.8. The standard InChI is InChI=1S/C17H23NO3S/c1-2-21-17(20)14-8-11-18(12-9-14)16(19)10-13-22-15-6-4-3-5-7-15/h3-7,14H,2,8-13H2,1H3. The molecule has 0 aromatic heterocycles. The third kappa shape index (κ3) is 5.05. The lowest BCUT2D eigenvalue weighted by atomic mass is 9.97. The summed E-state index contributed by atoms with van der Waals surface area (Å²) in [6.45, 7) is 3.58. The molecule has 1 heterocycles. The van der Waals surface area contributed by atoms with E-state index in [2.05, 4.69) is 12.1 Å². The number of carbonyl (C=O) groups is 2.